The molecule has 0 atom stereocenters. The van der Waals surface area contributed by atoms with Gasteiger partial charge in [0.25, 0.3) is 0 Å². The van der Waals surface area contributed by atoms with Gasteiger partial charge in [-0.05, 0) is 40.6 Å². The normalized spacial score (nSPS) is 12.0. The standard InChI is InChI=1S/C15H17F2NO3S2/c1-21-6-5-18(9-12-4-7-22-10-12)23(19,20)11-13-8-14(16)2-3-15(13)17/h2-4,7-8,10H,5-6,9,11H2,1H3. The Morgan fingerprint density at radius 3 is 2.70 bits per heavy atom. The summed E-state index contributed by atoms with van der Waals surface area (Å²) < 4.78 is 58.3. The summed E-state index contributed by atoms with van der Waals surface area (Å²) in [6, 6.07) is 4.62. The Bertz CT molecular complexity index is 733. The van der Waals surface area contributed by atoms with Crippen molar-refractivity contribution in [1.29, 1.82) is 0 Å². The Labute approximate surface area is 138 Å². The van der Waals surface area contributed by atoms with Gasteiger partial charge in [-0.25, -0.2) is 17.2 Å². The van der Waals surface area contributed by atoms with E-state index < -0.39 is 27.4 Å². The molecule has 0 saturated carbocycles. The van der Waals surface area contributed by atoms with Crippen LogP contribution in [0.15, 0.2) is 35.0 Å². The van der Waals surface area contributed by atoms with Gasteiger partial charge in [-0.3, -0.25) is 0 Å². The van der Waals surface area contributed by atoms with E-state index in [0.717, 1.165) is 23.8 Å². The predicted molar refractivity (Wildman–Crippen MR) is 85.6 cm³/mol. The first-order valence-electron chi connectivity index (χ1n) is 6.84. The molecule has 4 nitrogen and oxygen atoms in total. The highest BCUT2D eigenvalue weighted by atomic mass is 32.2. The number of nitrogens with zero attached hydrogens (tertiary/aromatic N) is 1. The lowest BCUT2D eigenvalue weighted by molar-refractivity contribution is 0.177. The fourth-order valence-corrected chi connectivity index (χ4v) is 4.19. The second-order valence-electron chi connectivity index (χ2n) is 4.95. The van der Waals surface area contributed by atoms with Gasteiger partial charge >= 0.3 is 0 Å². The van der Waals surface area contributed by atoms with Gasteiger partial charge in [0, 0.05) is 25.8 Å². The Hall–Kier alpha value is -1.35. The van der Waals surface area contributed by atoms with Crippen LogP contribution in [0, 0.1) is 11.6 Å². The van der Waals surface area contributed by atoms with E-state index in [1.165, 1.54) is 22.8 Å². The summed E-state index contributed by atoms with van der Waals surface area (Å²) in [6.45, 7) is 0.534. The Morgan fingerprint density at radius 1 is 1.26 bits per heavy atom. The molecular formula is C15H17F2NO3S2. The topological polar surface area (TPSA) is 46.6 Å². The number of methoxy groups -OCH3 is 1. The molecule has 0 amide bonds. The van der Waals surface area contributed by atoms with Crippen molar-refractivity contribution in [3.05, 3.63) is 57.8 Å². The SMILES string of the molecule is COCCN(Cc1ccsc1)S(=O)(=O)Cc1cc(F)ccc1F. The molecule has 1 aromatic carbocycles. The first-order chi connectivity index (χ1) is 10.9. The van der Waals surface area contributed by atoms with Crippen molar-refractivity contribution in [2.24, 2.45) is 0 Å². The highest BCUT2D eigenvalue weighted by Crippen LogP contribution is 2.18. The monoisotopic (exact) mass is 361 g/mol. The molecule has 0 fully saturated rings. The van der Waals surface area contributed by atoms with Crippen LogP contribution in [0.2, 0.25) is 0 Å². The minimum absolute atomic E-state index is 0.144. The Morgan fingerprint density at radius 2 is 2.04 bits per heavy atom. The van der Waals surface area contributed by atoms with Crippen molar-refractivity contribution in [2.45, 2.75) is 12.3 Å². The smallest absolute Gasteiger partial charge is 0.218 e. The van der Waals surface area contributed by atoms with Gasteiger partial charge in [0.15, 0.2) is 0 Å². The lowest BCUT2D eigenvalue weighted by Crippen LogP contribution is -2.34. The quantitative estimate of drug-likeness (QED) is 0.726. The van der Waals surface area contributed by atoms with Crippen molar-refractivity contribution < 1.29 is 21.9 Å². The van der Waals surface area contributed by atoms with E-state index in [1.807, 2.05) is 16.8 Å². The molecule has 0 bridgehead atoms. The maximum absolute atomic E-state index is 13.7. The number of hydrogen-bond acceptors (Lipinski definition) is 4. The van der Waals surface area contributed by atoms with Crippen LogP contribution >= 0.6 is 11.3 Å². The summed E-state index contributed by atoms with van der Waals surface area (Å²) in [5.74, 6) is -2.00. The van der Waals surface area contributed by atoms with Gasteiger partial charge in [-0.15, -0.1) is 0 Å². The molecule has 2 rings (SSSR count). The second-order valence-corrected chi connectivity index (χ2v) is 7.70. The highest BCUT2D eigenvalue weighted by molar-refractivity contribution is 7.88. The van der Waals surface area contributed by atoms with E-state index in [-0.39, 0.29) is 25.3 Å². The average molecular weight is 361 g/mol. The molecule has 0 spiro atoms. The molecule has 0 saturated heterocycles. The minimum atomic E-state index is -3.81. The van der Waals surface area contributed by atoms with Crippen molar-refractivity contribution in [2.75, 3.05) is 20.3 Å². The third-order valence-corrected chi connectivity index (χ3v) is 5.73. The maximum atomic E-state index is 13.7. The molecule has 23 heavy (non-hydrogen) atoms. The van der Waals surface area contributed by atoms with Crippen LogP contribution in [0.5, 0.6) is 0 Å². The first kappa shape index (κ1) is 18.0. The molecule has 0 aliphatic rings. The molecule has 126 valence electrons. The fourth-order valence-electron chi connectivity index (χ4n) is 2.04. The van der Waals surface area contributed by atoms with E-state index >= 15 is 0 Å². The number of rotatable bonds is 8. The van der Waals surface area contributed by atoms with Crippen LogP contribution in [0.1, 0.15) is 11.1 Å². The van der Waals surface area contributed by atoms with Gasteiger partial charge in [0.2, 0.25) is 10.0 Å². The Balaban J connectivity index is 2.22. The molecule has 1 heterocycles. The summed E-state index contributed by atoms with van der Waals surface area (Å²) in [7, 11) is -2.34. The number of sulfonamides is 1. The van der Waals surface area contributed by atoms with Crippen LogP contribution < -0.4 is 0 Å². The van der Waals surface area contributed by atoms with Gasteiger partial charge in [0.1, 0.15) is 11.6 Å². The zero-order valence-electron chi connectivity index (χ0n) is 12.5. The summed E-state index contributed by atoms with van der Waals surface area (Å²) in [5.41, 5.74) is 0.659. The molecule has 2 aromatic rings. The van der Waals surface area contributed by atoms with Gasteiger partial charge in [-0.2, -0.15) is 15.6 Å². The van der Waals surface area contributed by atoms with Crippen LogP contribution in [-0.2, 0) is 27.1 Å². The van der Waals surface area contributed by atoms with Gasteiger partial charge in [-0.1, -0.05) is 0 Å². The highest BCUT2D eigenvalue weighted by Gasteiger charge is 2.24. The van der Waals surface area contributed by atoms with Crippen molar-refractivity contribution in [3.63, 3.8) is 0 Å². The van der Waals surface area contributed by atoms with E-state index in [1.54, 1.807) is 0 Å². The fraction of sp³-hybridized carbons (Fsp3) is 0.333. The zero-order chi connectivity index (χ0) is 16.9. The second kappa shape index (κ2) is 7.96. The Kier molecular flexibility index (Phi) is 6.23. The van der Waals surface area contributed by atoms with Crippen molar-refractivity contribution in [3.8, 4) is 0 Å². The number of hydrogen-bond donors (Lipinski definition) is 0. The molecule has 8 heteroatoms. The molecule has 0 aliphatic carbocycles. The molecule has 0 N–H and O–H groups in total. The van der Waals surface area contributed by atoms with Gasteiger partial charge < -0.3 is 4.74 Å². The third kappa shape index (κ3) is 5.07. The van der Waals surface area contributed by atoms with E-state index in [2.05, 4.69) is 0 Å². The molecule has 0 radical (unpaired) electrons. The lowest BCUT2D eigenvalue weighted by atomic mass is 10.2. The minimum Gasteiger partial charge on any atom is -0.383 e. The summed E-state index contributed by atoms with van der Waals surface area (Å²) in [5, 5.41) is 3.70. The first-order valence-corrected chi connectivity index (χ1v) is 9.39. The van der Waals surface area contributed by atoms with Crippen LogP contribution in [0.4, 0.5) is 8.78 Å². The predicted octanol–water partition coefficient (Wildman–Crippen LogP) is 3.00. The molecule has 0 unspecified atom stereocenters. The van der Waals surface area contributed by atoms with Crippen LogP contribution in [0.3, 0.4) is 0 Å². The van der Waals surface area contributed by atoms with E-state index in [0.29, 0.717) is 0 Å². The third-order valence-electron chi connectivity index (χ3n) is 3.22. The van der Waals surface area contributed by atoms with Crippen molar-refractivity contribution >= 4 is 21.4 Å². The zero-order valence-corrected chi connectivity index (χ0v) is 14.2. The van der Waals surface area contributed by atoms with Crippen LogP contribution in [0.25, 0.3) is 0 Å². The molecule has 1 aromatic heterocycles. The number of benzene rings is 1. The number of halogens is 2. The lowest BCUT2D eigenvalue weighted by Gasteiger charge is -2.21. The summed E-state index contributed by atoms with van der Waals surface area (Å²) in [6.07, 6.45) is 0. The molecular weight excluding hydrogens is 344 g/mol. The van der Waals surface area contributed by atoms with E-state index in [9.17, 15) is 17.2 Å². The largest absolute Gasteiger partial charge is 0.383 e. The molecule has 0 aliphatic heterocycles. The maximum Gasteiger partial charge on any atom is 0.218 e. The van der Waals surface area contributed by atoms with Gasteiger partial charge in [0.05, 0.1) is 12.4 Å². The van der Waals surface area contributed by atoms with Crippen molar-refractivity contribution in [1.82, 2.24) is 4.31 Å². The summed E-state index contributed by atoms with van der Waals surface area (Å²) in [4.78, 5) is 0. The number of ether oxygens (including phenoxy) is 1. The summed E-state index contributed by atoms with van der Waals surface area (Å²) >= 11 is 1.46. The van der Waals surface area contributed by atoms with Crippen LogP contribution in [-0.4, -0.2) is 33.0 Å². The van der Waals surface area contributed by atoms with E-state index in [4.69, 9.17) is 4.74 Å². The average Bonchev–Trinajstić information content (AvgIpc) is 3.00. The number of thiophene rings is 1.